The Bertz CT molecular complexity index is 164. The first kappa shape index (κ1) is 30.4. The zero-order valence-electron chi connectivity index (χ0n) is 5.58. The van der Waals surface area contributed by atoms with E-state index in [9.17, 15) is 4.57 Å². The van der Waals surface area contributed by atoms with E-state index in [4.69, 9.17) is 29.2 Å². The van der Waals surface area contributed by atoms with Crippen LogP contribution in [0.2, 0.25) is 0 Å². The Hall–Kier alpha value is 3.26. The summed E-state index contributed by atoms with van der Waals surface area (Å²) >= 11 is 0. The van der Waals surface area contributed by atoms with Crippen molar-refractivity contribution in [2.24, 2.45) is 0 Å². The van der Waals surface area contributed by atoms with Gasteiger partial charge in [-0.3, -0.25) is 9.13 Å². The van der Waals surface area contributed by atoms with Crippen LogP contribution in [0.3, 0.4) is 0 Å². The molecule has 0 aromatic heterocycles. The maximum atomic E-state index is 9.78. The van der Waals surface area contributed by atoms with Crippen molar-refractivity contribution in [1.29, 1.82) is 0 Å². The molecule has 0 rings (SSSR count). The summed E-state index contributed by atoms with van der Waals surface area (Å²) in [5.74, 6) is -1.53. The first-order valence-corrected chi connectivity index (χ1v) is 5.31. The first-order chi connectivity index (χ1) is 4.68. The first-order valence-electron chi connectivity index (χ1n) is 2.33. The van der Waals surface area contributed by atoms with E-state index in [0.29, 0.717) is 0 Å². The van der Waals surface area contributed by atoms with E-state index in [1.165, 1.54) is 0 Å². The Morgan fingerprint density at radius 1 is 1.14 bits per heavy atom. The van der Waals surface area contributed by atoms with Crippen LogP contribution in [0.5, 0.6) is 0 Å². The summed E-state index contributed by atoms with van der Waals surface area (Å²) in [6.45, 7) is 1.04. The third kappa shape index (κ3) is 36.2. The van der Waals surface area contributed by atoms with E-state index >= 15 is 0 Å². The van der Waals surface area contributed by atoms with Crippen LogP contribution in [-0.2, 0) is 9.13 Å². The van der Waals surface area contributed by atoms with E-state index in [0.717, 1.165) is 6.92 Å². The third-order valence-electron chi connectivity index (χ3n) is 0.487. The monoisotopic (exact) mass is 280 g/mol. The summed E-state index contributed by atoms with van der Waals surface area (Å²) in [7, 11) is -7.31. The number of hydrogen-bond donors (Lipinski definition) is 5. The van der Waals surface area contributed by atoms with E-state index < -0.39 is 21.7 Å². The van der Waals surface area contributed by atoms with Gasteiger partial charge in [-0.05, 0) is 6.92 Å². The molecular formula is C2H13Na3O7P2. The fourth-order valence-corrected chi connectivity index (χ4v) is 0. The van der Waals surface area contributed by atoms with Gasteiger partial charge in [-0.15, -0.1) is 0 Å². The van der Waals surface area contributed by atoms with Gasteiger partial charge in [-0.1, -0.05) is 0 Å². The molecule has 1 unspecified atom stereocenters. The number of hydrogen-bond acceptors (Lipinski definition) is 3. The standard InChI is InChI=1S/C2H7O4P.3Na.H3O3P.3H/c1-2(3)7(4,5)6;;;;1-4(2)3;;;/h2-3H,1H3,(H2,4,5,6);;;;4H,(H2,1,2,3);;;. The minimum atomic E-state index is -4.18. The van der Waals surface area contributed by atoms with Gasteiger partial charge >= 0.3 is 105 Å². The summed E-state index contributed by atoms with van der Waals surface area (Å²) in [6.07, 6.45) is 0. The van der Waals surface area contributed by atoms with Crippen LogP contribution in [0, 0.1) is 0 Å². The van der Waals surface area contributed by atoms with Crippen molar-refractivity contribution >= 4 is 105 Å². The van der Waals surface area contributed by atoms with Crippen LogP contribution in [-0.4, -0.2) is 119 Å². The van der Waals surface area contributed by atoms with Gasteiger partial charge in [-0.25, -0.2) is 0 Å². The van der Waals surface area contributed by atoms with Gasteiger partial charge in [-0.2, -0.15) is 0 Å². The zero-order valence-corrected chi connectivity index (χ0v) is 7.47. The van der Waals surface area contributed by atoms with Crippen LogP contribution in [0.15, 0.2) is 0 Å². The molecule has 0 amide bonds. The molecule has 0 bridgehead atoms. The van der Waals surface area contributed by atoms with Crippen LogP contribution >= 0.6 is 15.9 Å². The molecule has 0 aliphatic heterocycles. The van der Waals surface area contributed by atoms with Crippen LogP contribution in [0.1, 0.15) is 6.92 Å². The Balaban J connectivity index is -0.0000000347. The molecule has 0 spiro atoms. The van der Waals surface area contributed by atoms with Crippen molar-refractivity contribution in [3.05, 3.63) is 0 Å². The summed E-state index contributed by atoms with van der Waals surface area (Å²) in [5.41, 5.74) is 0. The van der Waals surface area contributed by atoms with Gasteiger partial charge in [0.25, 0.3) is 0 Å². The molecule has 76 valence electrons. The van der Waals surface area contributed by atoms with E-state index in [1.54, 1.807) is 0 Å². The van der Waals surface area contributed by atoms with Gasteiger partial charge in [0.2, 0.25) is 0 Å². The minimum absolute atomic E-state index is 0. The fraction of sp³-hybridized carbons (Fsp3) is 1.00. The van der Waals surface area contributed by atoms with E-state index in [-0.39, 0.29) is 88.7 Å². The molecule has 0 fully saturated rings. The third-order valence-corrected chi connectivity index (χ3v) is 1.46. The fourth-order valence-electron chi connectivity index (χ4n) is 0. The Morgan fingerprint density at radius 3 is 1.21 bits per heavy atom. The molecule has 0 radical (unpaired) electrons. The van der Waals surface area contributed by atoms with Gasteiger partial charge in [0, 0.05) is 0 Å². The summed E-state index contributed by atoms with van der Waals surface area (Å²) < 4.78 is 18.5. The SMILES string of the molecule is CC(O)P(=O)(O)O.O=[PH](O)O.[NaH].[NaH].[NaH]. The molecule has 5 N–H and O–H groups in total. The summed E-state index contributed by atoms with van der Waals surface area (Å²) in [4.78, 5) is 30.2. The molecule has 1 atom stereocenters. The molecule has 0 saturated carbocycles. The molecule has 12 heteroatoms. The molecule has 0 aliphatic carbocycles. The molecule has 0 saturated heterocycles. The Labute approximate surface area is 149 Å². The molecule has 0 aliphatic rings. The van der Waals surface area contributed by atoms with Crippen molar-refractivity contribution < 1.29 is 33.8 Å². The molecule has 7 nitrogen and oxygen atoms in total. The number of aliphatic hydroxyl groups is 1. The predicted molar refractivity (Wildman–Crippen MR) is 58.6 cm³/mol. The summed E-state index contributed by atoms with van der Waals surface area (Å²) in [5, 5.41) is 8.13. The van der Waals surface area contributed by atoms with Gasteiger partial charge < -0.3 is 24.7 Å². The maximum absolute atomic E-state index is 9.78. The van der Waals surface area contributed by atoms with E-state index in [1.807, 2.05) is 0 Å². The topological polar surface area (TPSA) is 135 Å². The van der Waals surface area contributed by atoms with Gasteiger partial charge in [0.15, 0.2) is 5.85 Å². The Morgan fingerprint density at radius 2 is 1.21 bits per heavy atom. The zero-order chi connectivity index (χ0) is 9.65. The molecule has 0 aromatic carbocycles. The van der Waals surface area contributed by atoms with Gasteiger partial charge in [0.1, 0.15) is 0 Å². The van der Waals surface area contributed by atoms with E-state index in [2.05, 4.69) is 0 Å². The van der Waals surface area contributed by atoms with Crippen molar-refractivity contribution in [1.82, 2.24) is 0 Å². The normalized spacial score (nSPS) is 10.8. The number of rotatable bonds is 1. The molecule has 0 heterocycles. The molecule has 0 aromatic rings. The average Bonchev–Trinajstić information content (AvgIpc) is 1.59. The quantitative estimate of drug-likeness (QED) is 0.254. The van der Waals surface area contributed by atoms with Crippen LogP contribution in [0.4, 0.5) is 0 Å². The Kier molecular flexibility index (Phi) is 35.3. The second-order valence-corrected chi connectivity index (χ2v) is 3.99. The second kappa shape index (κ2) is 16.3. The number of aliphatic hydroxyl groups excluding tert-OH is 1. The van der Waals surface area contributed by atoms with Crippen LogP contribution in [0.25, 0.3) is 0 Å². The summed E-state index contributed by atoms with van der Waals surface area (Å²) in [6, 6.07) is 0. The van der Waals surface area contributed by atoms with Crippen molar-refractivity contribution in [3.8, 4) is 0 Å². The van der Waals surface area contributed by atoms with Gasteiger partial charge in [0.05, 0.1) is 0 Å². The predicted octanol–water partition coefficient (Wildman–Crippen LogP) is -3.08. The second-order valence-electron chi connectivity index (χ2n) is 1.50. The van der Waals surface area contributed by atoms with Crippen LogP contribution < -0.4 is 0 Å². The van der Waals surface area contributed by atoms with Crippen molar-refractivity contribution in [2.75, 3.05) is 0 Å². The van der Waals surface area contributed by atoms with Crippen molar-refractivity contribution in [3.63, 3.8) is 0 Å². The van der Waals surface area contributed by atoms with Crippen molar-refractivity contribution in [2.45, 2.75) is 12.8 Å². The molecule has 14 heavy (non-hydrogen) atoms. The average molecular weight is 280 g/mol. The molecular weight excluding hydrogens is 267 g/mol.